The summed E-state index contributed by atoms with van der Waals surface area (Å²) in [5.41, 5.74) is 2.26. The van der Waals surface area contributed by atoms with Crippen LogP contribution in [0, 0.1) is 12.3 Å². The number of guanidine groups is 1. The molecule has 6 heteroatoms. The van der Waals surface area contributed by atoms with E-state index in [0.717, 1.165) is 18.1 Å². The monoisotopic (exact) mass is 357 g/mol. The van der Waals surface area contributed by atoms with Crippen molar-refractivity contribution in [2.45, 2.75) is 20.0 Å². The topological polar surface area (TPSA) is 54.9 Å². The van der Waals surface area contributed by atoms with E-state index in [-0.39, 0.29) is 6.61 Å². The van der Waals surface area contributed by atoms with Gasteiger partial charge in [0.15, 0.2) is 17.5 Å². The van der Waals surface area contributed by atoms with E-state index in [1.54, 1.807) is 18.4 Å². The molecule has 0 saturated heterocycles. The van der Waals surface area contributed by atoms with Gasteiger partial charge in [-0.3, -0.25) is 0 Å². The molecule has 5 nitrogen and oxygen atoms in total. The lowest BCUT2D eigenvalue weighted by molar-refractivity contribution is 0.330. The molecule has 0 radical (unpaired) electrons. The maximum atomic E-state index is 5.54. The molecule has 0 fully saturated rings. The first-order valence-corrected chi connectivity index (χ1v) is 8.97. The second-order valence-electron chi connectivity index (χ2n) is 5.16. The number of aliphatic imine (C=N–C) groups is 1. The number of thiophene rings is 1. The largest absolute Gasteiger partial charge is 0.493 e. The van der Waals surface area contributed by atoms with E-state index in [4.69, 9.17) is 15.9 Å². The molecule has 0 amide bonds. The van der Waals surface area contributed by atoms with Crippen molar-refractivity contribution in [2.24, 2.45) is 4.99 Å². The second-order valence-corrected chi connectivity index (χ2v) is 5.94. The van der Waals surface area contributed by atoms with Crippen molar-refractivity contribution in [2.75, 3.05) is 20.3 Å². The summed E-state index contributed by atoms with van der Waals surface area (Å²) in [7, 11) is 1.61. The lowest BCUT2D eigenvalue weighted by Crippen LogP contribution is -2.36. The summed E-state index contributed by atoms with van der Waals surface area (Å²) in [6.45, 7) is 4.32. The molecular weight excluding hydrogens is 334 g/mol. The van der Waals surface area contributed by atoms with Crippen LogP contribution in [0.15, 0.2) is 40.0 Å². The van der Waals surface area contributed by atoms with Crippen molar-refractivity contribution in [1.82, 2.24) is 10.6 Å². The van der Waals surface area contributed by atoms with Crippen LogP contribution in [-0.2, 0) is 13.1 Å². The van der Waals surface area contributed by atoms with Crippen molar-refractivity contribution in [3.05, 3.63) is 46.2 Å². The minimum atomic E-state index is 0.206. The molecule has 0 aliphatic carbocycles. The molecule has 0 aliphatic heterocycles. The molecule has 25 heavy (non-hydrogen) atoms. The zero-order chi connectivity index (χ0) is 17.9. The van der Waals surface area contributed by atoms with Crippen molar-refractivity contribution in [3.63, 3.8) is 0 Å². The average molecular weight is 357 g/mol. The summed E-state index contributed by atoms with van der Waals surface area (Å²) in [5, 5.41) is 10.7. The van der Waals surface area contributed by atoms with E-state index in [9.17, 15) is 0 Å². The van der Waals surface area contributed by atoms with E-state index >= 15 is 0 Å². The minimum absolute atomic E-state index is 0.206. The lowest BCUT2D eigenvalue weighted by atomic mass is 10.2. The molecule has 0 bridgehead atoms. The van der Waals surface area contributed by atoms with Gasteiger partial charge in [-0.2, -0.15) is 11.3 Å². The van der Waals surface area contributed by atoms with Crippen LogP contribution in [0.1, 0.15) is 18.1 Å². The fourth-order valence-electron chi connectivity index (χ4n) is 2.14. The van der Waals surface area contributed by atoms with Crippen LogP contribution < -0.4 is 20.1 Å². The van der Waals surface area contributed by atoms with Crippen LogP contribution in [0.4, 0.5) is 0 Å². The van der Waals surface area contributed by atoms with Gasteiger partial charge < -0.3 is 20.1 Å². The van der Waals surface area contributed by atoms with Crippen molar-refractivity contribution >= 4 is 17.3 Å². The molecular formula is C19H23N3O2S. The Morgan fingerprint density at radius 1 is 1.24 bits per heavy atom. The number of ether oxygens (including phenoxy) is 2. The molecule has 0 aliphatic rings. The predicted octanol–water partition coefficient (Wildman–Crippen LogP) is 3.02. The number of nitrogens with zero attached hydrogens (tertiary/aromatic N) is 1. The number of rotatable bonds is 8. The first kappa shape index (κ1) is 18.7. The van der Waals surface area contributed by atoms with Crippen LogP contribution in [0.5, 0.6) is 11.5 Å². The SMILES string of the molecule is C#CCOc1cc(CNC(=NCc2ccsc2)NCC)ccc1OC. The van der Waals surface area contributed by atoms with Crippen LogP contribution in [0.25, 0.3) is 0 Å². The Bertz CT molecular complexity index is 721. The zero-order valence-corrected chi connectivity index (χ0v) is 15.4. The first-order valence-electron chi connectivity index (χ1n) is 8.03. The normalized spacial score (nSPS) is 10.8. The molecule has 132 valence electrons. The van der Waals surface area contributed by atoms with E-state index in [2.05, 4.69) is 38.4 Å². The van der Waals surface area contributed by atoms with Gasteiger partial charge >= 0.3 is 0 Å². The van der Waals surface area contributed by atoms with E-state index in [0.29, 0.717) is 24.6 Å². The molecule has 2 aromatic rings. The molecule has 0 atom stereocenters. The van der Waals surface area contributed by atoms with Gasteiger partial charge in [0.05, 0.1) is 13.7 Å². The Balaban J connectivity index is 2.01. The Labute approximate surface area is 153 Å². The number of hydrogen-bond acceptors (Lipinski definition) is 4. The summed E-state index contributed by atoms with van der Waals surface area (Å²) < 4.78 is 10.8. The van der Waals surface area contributed by atoms with Gasteiger partial charge in [-0.05, 0) is 47.0 Å². The van der Waals surface area contributed by atoms with Crippen molar-refractivity contribution in [3.8, 4) is 23.8 Å². The molecule has 1 aromatic heterocycles. The molecule has 2 N–H and O–H groups in total. The van der Waals surface area contributed by atoms with Crippen LogP contribution in [-0.4, -0.2) is 26.2 Å². The summed E-state index contributed by atoms with van der Waals surface area (Å²) in [5.74, 6) is 4.54. The van der Waals surface area contributed by atoms with Gasteiger partial charge in [-0.25, -0.2) is 4.99 Å². The quantitative estimate of drug-likeness (QED) is 0.433. The van der Waals surface area contributed by atoms with Crippen molar-refractivity contribution < 1.29 is 9.47 Å². The molecule has 1 aromatic carbocycles. The van der Waals surface area contributed by atoms with Crippen LogP contribution in [0.3, 0.4) is 0 Å². The third-order valence-corrected chi connectivity index (χ3v) is 4.08. The van der Waals surface area contributed by atoms with Gasteiger partial charge in [-0.15, -0.1) is 6.42 Å². The second kappa shape index (κ2) is 10.3. The summed E-state index contributed by atoms with van der Waals surface area (Å²) in [6, 6.07) is 7.86. The van der Waals surface area contributed by atoms with E-state index in [1.807, 2.05) is 25.1 Å². The Morgan fingerprint density at radius 3 is 2.80 bits per heavy atom. The fraction of sp³-hybridized carbons (Fsp3) is 0.316. The van der Waals surface area contributed by atoms with Gasteiger partial charge in [0.25, 0.3) is 0 Å². The maximum absolute atomic E-state index is 5.54. The third kappa shape index (κ3) is 6.05. The third-order valence-electron chi connectivity index (χ3n) is 3.34. The van der Waals surface area contributed by atoms with E-state index < -0.39 is 0 Å². The highest BCUT2D eigenvalue weighted by Gasteiger charge is 2.06. The Morgan fingerprint density at radius 2 is 2.12 bits per heavy atom. The molecule has 0 saturated carbocycles. The van der Waals surface area contributed by atoms with Gasteiger partial charge in [0, 0.05) is 13.1 Å². The molecule has 0 unspecified atom stereocenters. The average Bonchev–Trinajstić information content (AvgIpc) is 3.16. The number of benzene rings is 1. The highest BCUT2D eigenvalue weighted by atomic mass is 32.1. The summed E-state index contributed by atoms with van der Waals surface area (Å²) in [4.78, 5) is 4.60. The number of nitrogens with one attached hydrogen (secondary N) is 2. The minimum Gasteiger partial charge on any atom is -0.493 e. The Kier molecular flexibility index (Phi) is 7.67. The highest BCUT2D eigenvalue weighted by Crippen LogP contribution is 2.27. The fourth-order valence-corrected chi connectivity index (χ4v) is 2.80. The van der Waals surface area contributed by atoms with Gasteiger partial charge in [0.1, 0.15) is 6.61 Å². The predicted molar refractivity (Wildman–Crippen MR) is 103 cm³/mol. The smallest absolute Gasteiger partial charge is 0.191 e. The molecule has 1 heterocycles. The molecule has 0 spiro atoms. The maximum Gasteiger partial charge on any atom is 0.191 e. The number of hydrogen-bond donors (Lipinski definition) is 2. The van der Waals surface area contributed by atoms with Crippen LogP contribution in [0.2, 0.25) is 0 Å². The molecule has 2 rings (SSSR count). The number of terminal acetylenes is 1. The van der Waals surface area contributed by atoms with E-state index in [1.165, 1.54) is 5.56 Å². The zero-order valence-electron chi connectivity index (χ0n) is 14.5. The summed E-state index contributed by atoms with van der Waals surface area (Å²) in [6.07, 6.45) is 5.26. The lowest BCUT2D eigenvalue weighted by Gasteiger charge is -2.13. The van der Waals surface area contributed by atoms with Gasteiger partial charge in [-0.1, -0.05) is 12.0 Å². The summed E-state index contributed by atoms with van der Waals surface area (Å²) >= 11 is 1.68. The van der Waals surface area contributed by atoms with Gasteiger partial charge in [0.2, 0.25) is 0 Å². The Hall–Kier alpha value is -2.65. The van der Waals surface area contributed by atoms with Crippen LogP contribution >= 0.6 is 11.3 Å². The van der Waals surface area contributed by atoms with Crippen molar-refractivity contribution in [1.29, 1.82) is 0 Å². The standard InChI is InChI=1S/C19H23N3O2S/c1-4-9-24-18-11-15(6-7-17(18)23-3)12-21-19(20-5-2)22-13-16-8-10-25-14-16/h1,6-8,10-11,14H,5,9,12-13H2,2-3H3,(H2,20,21,22). The first-order chi connectivity index (χ1) is 12.3. The highest BCUT2D eigenvalue weighted by molar-refractivity contribution is 7.07. The number of methoxy groups -OCH3 is 1.